The summed E-state index contributed by atoms with van der Waals surface area (Å²) >= 11 is 0. The third kappa shape index (κ3) is 1.69. The van der Waals surface area contributed by atoms with E-state index in [2.05, 4.69) is 5.32 Å². The third-order valence-electron chi connectivity index (χ3n) is 2.47. The molecule has 0 aromatic rings. The maximum absolute atomic E-state index is 9.35. The Kier molecular flexibility index (Phi) is 3.23. The fourth-order valence-electron chi connectivity index (χ4n) is 1.57. The van der Waals surface area contributed by atoms with Crippen LogP contribution in [0.4, 0.5) is 0 Å². The molecule has 1 aliphatic carbocycles. The molecule has 1 rings (SSSR count). The molecular weight excluding hydrogens is 178 g/mol. The van der Waals surface area contributed by atoms with Gasteiger partial charge in [0.1, 0.15) is 30.5 Å². The molecule has 0 aromatic heterocycles. The average Bonchev–Trinajstić information content (AvgIpc) is 2.13. The molecule has 0 spiro atoms. The van der Waals surface area contributed by atoms with Crippen molar-refractivity contribution in [3.63, 3.8) is 0 Å². The first-order chi connectivity index (χ1) is 6.00. The van der Waals surface area contributed by atoms with Gasteiger partial charge in [-0.3, -0.25) is 0 Å². The smallest absolute Gasteiger partial charge is 0.111 e. The standard InChI is InChI=1S/C7H15NO5/c1-8-2-3(9)5(11)7(13)6(12)4(2)10/h2-13H,1H3. The molecule has 0 heterocycles. The predicted octanol–water partition coefficient (Wildman–Crippen LogP) is -3.61. The SMILES string of the molecule is CNC1C(O)C(O)C(O)C(O)C1O. The molecule has 78 valence electrons. The molecule has 1 saturated carbocycles. The second-order valence-corrected chi connectivity index (χ2v) is 3.27. The van der Waals surface area contributed by atoms with Gasteiger partial charge in [-0.05, 0) is 7.05 Å². The van der Waals surface area contributed by atoms with Gasteiger partial charge in [0, 0.05) is 0 Å². The van der Waals surface area contributed by atoms with Gasteiger partial charge < -0.3 is 30.8 Å². The summed E-state index contributed by atoms with van der Waals surface area (Å²) in [7, 11) is 1.48. The van der Waals surface area contributed by atoms with Gasteiger partial charge in [-0.2, -0.15) is 0 Å². The topological polar surface area (TPSA) is 113 Å². The van der Waals surface area contributed by atoms with E-state index in [0.29, 0.717) is 0 Å². The molecule has 6 N–H and O–H groups in total. The predicted molar refractivity (Wildman–Crippen MR) is 42.9 cm³/mol. The minimum absolute atomic E-state index is 0.839. The molecule has 4 unspecified atom stereocenters. The third-order valence-corrected chi connectivity index (χ3v) is 2.47. The monoisotopic (exact) mass is 193 g/mol. The zero-order chi connectivity index (χ0) is 10.2. The van der Waals surface area contributed by atoms with Gasteiger partial charge in [-0.25, -0.2) is 0 Å². The molecular formula is C7H15NO5. The molecule has 4 atom stereocenters. The fourth-order valence-corrected chi connectivity index (χ4v) is 1.57. The number of rotatable bonds is 1. The van der Waals surface area contributed by atoms with E-state index in [1.165, 1.54) is 7.05 Å². The highest BCUT2D eigenvalue weighted by atomic mass is 16.4. The minimum Gasteiger partial charge on any atom is -0.389 e. The average molecular weight is 193 g/mol. The highest BCUT2D eigenvalue weighted by molar-refractivity contribution is 5.01. The largest absolute Gasteiger partial charge is 0.389 e. The number of hydrogen-bond acceptors (Lipinski definition) is 6. The summed E-state index contributed by atoms with van der Waals surface area (Å²) in [5, 5.41) is 48.9. The lowest BCUT2D eigenvalue weighted by atomic mass is 9.83. The molecule has 0 bridgehead atoms. The highest BCUT2D eigenvalue weighted by Gasteiger charge is 2.47. The Bertz CT molecular complexity index is 162. The van der Waals surface area contributed by atoms with Crippen molar-refractivity contribution in [2.45, 2.75) is 36.6 Å². The molecule has 0 aromatic carbocycles. The number of likely N-dealkylation sites (N-methyl/N-ethyl adjacent to an activating group) is 1. The van der Waals surface area contributed by atoms with Gasteiger partial charge in [0.2, 0.25) is 0 Å². The normalized spacial score (nSPS) is 52.2. The first-order valence-corrected chi connectivity index (χ1v) is 4.08. The Labute approximate surface area is 75.4 Å². The molecule has 13 heavy (non-hydrogen) atoms. The zero-order valence-electron chi connectivity index (χ0n) is 7.20. The summed E-state index contributed by atoms with van der Waals surface area (Å²) in [5.41, 5.74) is 0. The molecule has 0 aliphatic heterocycles. The lowest BCUT2D eigenvalue weighted by Crippen LogP contribution is -2.67. The summed E-state index contributed by atoms with van der Waals surface area (Å²) in [4.78, 5) is 0. The Balaban J connectivity index is 2.79. The number of hydrogen-bond donors (Lipinski definition) is 6. The summed E-state index contributed by atoms with van der Waals surface area (Å²) in [5.74, 6) is 0. The Morgan fingerprint density at radius 2 is 1.00 bits per heavy atom. The minimum atomic E-state index is -1.52. The van der Waals surface area contributed by atoms with E-state index in [-0.39, 0.29) is 0 Å². The van der Waals surface area contributed by atoms with Crippen LogP contribution >= 0.6 is 0 Å². The number of aliphatic hydroxyl groups is 5. The quantitative estimate of drug-likeness (QED) is 0.256. The van der Waals surface area contributed by atoms with Gasteiger partial charge in [0.25, 0.3) is 0 Å². The lowest BCUT2D eigenvalue weighted by molar-refractivity contribution is -0.189. The van der Waals surface area contributed by atoms with Gasteiger partial charge in [-0.15, -0.1) is 0 Å². The van der Waals surface area contributed by atoms with Crippen LogP contribution in [0.5, 0.6) is 0 Å². The van der Waals surface area contributed by atoms with Gasteiger partial charge in [0.15, 0.2) is 0 Å². The summed E-state index contributed by atoms with van der Waals surface area (Å²) < 4.78 is 0. The van der Waals surface area contributed by atoms with Crippen LogP contribution in [0.25, 0.3) is 0 Å². The van der Waals surface area contributed by atoms with Crippen molar-refractivity contribution in [1.29, 1.82) is 0 Å². The van der Waals surface area contributed by atoms with Crippen molar-refractivity contribution in [2.24, 2.45) is 0 Å². The van der Waals surface area contributed by atoms with Gasteiger partial charge >= 0.3 is 0 Å². The van der Waals surface area contributed by atoms with Gasteiger partial charge in [-0.1, -0.05) is 0 Å². The van der Waals surface area contributed by atoms with Crippen molar-refractivity contribution in [3.8, 4) is 0 Å². The summed E-state index contributed by atoms with van der Waals surface area (Å²) in [6.07, 6.45) is -7.00. The molecule has 0 saturated heterocycles. The molecule has 0 amide bonds. The second kappa shape index (κ2) is 3.87. The van der Waals surface area contributed by atoms with Crippen molar-refractivity contribution >= 4 is 0 Å². The van der Waals surface area contributed by atoms with Crippen molar-refractivity contribution in [1.82, 2.24) is 5.32 Å². The van der Waals surface area contributed by atoms with Crippen LogP contribution in [0.3, 0.4) is 0 Å². The zero-order valence-corrected chi connectivity index (χ0v) is 7.20. The van der Waals surface area contributed by atoms with Gasteiger partial charge in [0.05, 0.1) is 6.04 Å². The molecule has 6 heteroatoms. The van der Waals surface area contributed by atoms with E-state index in [0.717, 1.165) is 0 Å². The van der Waals surface area contributed by atoms with E-state index < -0.39 is 36.6 Å². The molecule has 0 radical (unpaired) electrons. The maximum atomic E-state index is 9.35. The van der Waals surface area contributed by atoms with Crippen LogP contribution < -0.4 is 5.32 Å². The van der Waals surface area contributed by atoms with Crippen LogP contribution in [-0.2, 0) is 0 Å². The van der Waals surface area contributed by atoms with Crippen molar-refractivity contribution < 1.29 is 25.5 Å². The Morgan fingerprint density at radius 1 is 0.692 bits per heavy atom. The van der Waals surface area contributed by atoms with E-state index >= 15 is 0 Å². The van der Waals surface area contributed by atoms with Crippen LogP contribution in [0.15, 0.2) is 0 Å². The Hall–Kier alpha value is -0.240. The summed E-state index contributed by atoms with van der Waals surface area (Å²) in [6.45, 7) is 0. The maximum Gasteiger partial charge on any atom is 0.111 e. The number of nitrogens with one attached hydrogen (secondary N) is 1. The van der Waals surface area contributed by atoms with Crippen LogP contribution in [-0.4, -0.2) is 69.1 Å². The fraction of sp³-hybridized carbons (Fsp3) is 1.00. The first kappa shape index (κ1) is 10.8. The number of aliphatic hydroxyl groups excluding tert-OH is 5. The van der Waals surface area contributed by atoms with E-state index in [9.17, 15) is 20.4 Å². The van der Waals surface area contributed by atoms with E-state index in [4.69, 9.17) is 5.11 Å². The molecule has 1 fully saturated rings. The van der Waals surface area contributed by atoms with Crippen molar-refractivity contribution in [2.75, 3.05) is 7.05 Å². The van der Waals surface area contributed by atoms with E-state index in [1.54, 1.807) is 0 Å². The second-order valence-electron chi connectivity index (χ2n) is 3.27. The summed E-state index contributed by atoms with van der Waals surface area (Å²) in [6, 6.07) is -0.839. The van der Waals surface area contributed by atoms with Crippen LogP contribution in [0.2, 0.25) is 0 Å². The Morgan fingerprint density at radius 3 is 1.31 bits per heavy atom. The first-order valence-electron chi connectivity index (χ1n) is 4.08. The van der Waals surface area contributed by atoms with Crippen LogP contribution in [0.1, 0.15) is 0 Å². The van der Waals surface area contributed by atoms with Crippen LogP contribution in [0, 0.1) is 0 Å². The van der Waals surface area contributed by atoms with Crippen molar-refractivity contribution in [3.05, 3.63) is 0 Å². The molecule has 6 nitrogen and oxygen atoms in total. The van der Waals surface area contributed by atoms with E-state index in [1.807, 2.05) is 0 Å². The highest BCUT2D eigenvalue weighted by Crippen LogP contribution is 2.20. The lowest BCUT2D eigenvalue weighted by Gasteiger charge is -2.41. The molecule has 1 aliphatic rings.